The van der Waals surface area contributed by atoms with Crippen LogP contribution in [0.15, 0.2) is 18.2 Å². The van der Waals surface area contributed by atoms with E-state index in [-0.39, 0.29) is 11.7 Å². The molecule has 1 saturated carbocycles. The Balaban J connectivity index is 1.75. The third kappa shape index (κ3) is 2.93. The summed E-state index contributed by atoms with van der Waals surface area (Å²) in [4.78, 5) is 23.5. The molecule has 1 heterocycles. The maximum Gasteiger partial charge on any atom is 0.227 e. The van der Waals surface area contributed by atoms with E-state index in [0.29, 0.717) is 42.6 Å². The number of benzene rings is 1. The predicted octanol–water partition coefficient (Wildman–Crippen LogP) is 1.34. The molecule has 1 aliphatic carbocycles. The zero-order valence-electron chi connectivity index (χ0n) is 10.6. The second-order valence-electron chi connectivity index (χ2n) is 4.94. The number of Topliss-reactive ketones (excluding diaryl/α,β-unsaturated/α-hetero) is 1. The van der Waals surface area contributed by atoms with Crippen molar-refractivity contribution < 1.29 is 14.3 Å². The van der Waals surface area contributed by atoms with E-state index in [1.807, 2.05) is 0 Å². The van der Waals surface area contributed by atoms with Crippen molar-refractivity contribution in [1.29, 1.82) is 0 Å². The Kier molecular flexibility index (Phi) is 3.21. The summed E-state index contributed by atoms with van der Waals surface area (Å²) < 4.78 is 5.45. The van der Waals surface area contributed by atoms with Crippen molar-refractivity contribution >= 4 is 17.4 Å². The van der Waals surface area contributed by atoms with Crippen molar-refractivity contribution in [3.05, 3.63) is 23.8 Å². The monoisotopic (exact) mass is 260 g/mol. The van der Waals surface area contributed by atoms with Crippen LogP contribution >= 0.6 is 0 Å². The summed E-state index contributed by atoms with van der Waals surface area (Å²) in [5.41, 5.74) is 1.18. The van der Waals surface area contributed by atoms with E-state index in [4.69, 9.17) is 4.74 Å². The summed E-state index contributed by atoms with van der Waals surface area (Å²) in [6.45, 7) is 0.716. The van der Waals surface area contributed by atoms with Crippen LogP contribution in [0.2, 0.25) is 0 Å². The zero-order valence-corrected chi connectivity index (χ0v) is 10.6. The second kappa shape index (κ2) is 5.01. The molecule has 0 atom stereocenters. The highest BCUT2D eigenvalue weighted by Crippen LogP contribution is 2.28. The van der Waals surface area contributed by atoms with Gasteiger partial charge in [-0.05, 0) is 31.0 Å². The van der Waals surface area contributed by atoms with Crippen LogP contribution in [0.25, 0.3) is 0 Å². The van der Waals surface area contributed by atoms with Crippen LogP contribution in [0, 0.1) is 0 Å². The third-order valence-corrected chi connectivity index (χ3v) is 3.29. The average Bonchev–Trinajstić information content (AvgIpc) is 3.21. The fourth-order valence-corrected chi connectivity index (χ4v) is 2.02. The molecule has 0 spiro atoms. The lowest BCUT2D eigenvalue weighted by Gasteiger charge is -2.09. The van der Waals surface area contributed by atoms with Gasteiger partial charge in [-0.25, -0.2) is 0 Å². The van der Waals surface area contributed by atoms with Gasteiger partial charge in [0.05, 0.1) is 25.3 Å². The summed E-state index contributed by atoms with van der Waals surface area (Å²) in [7, 11) is 0. The van der Waals surface area contributed by atoms with E-state index >= 15 is 0 Å². The van der Waals surface area contributed by atoms with E-state index in [1.54, 1.807) is 18.2 Å². The molecule has 0 bridgehead atoms. The molecule has 0 aromatic heterocycles. The fraction of sp³-hybridized carbons (Fsp3) is 0.429. The summed E-state index contributed by atoms with van der Waals surface area (Å²) in [5, 5.41) is 5.95. The largest absolute Gasteiger partial charge is 0.491 e. The number of ether oxygens (including phenoxy) is 1. The van der Waals surface area contributed by atoms with Gasteiger partial charge in [0, 0.05) is 11.6 Å². The van der Waals surface area contributed by atoms with Crippen LogP contribution in [0.3, 0.4) is 0 Å². The molecule has 5 nitrogen and oxygen atoms in total. The Morgan fingerprint density at radius 3 is 3.05 bits per heavy atom. The topological polar surface area (TPSA) is 67.4 Å². The molecule has 19 heavy (non-hydrogen) atoms. The Hall–Kier alpha value is -1.88. The molecule has 100 valence electrons. The molecule has 5 heteroatoms. The van der Waals surface area contributed by atoms with E-state index in [9.17, 15) is 9.59 Å². The predicted molar refractivity (Wildman–Crippen MR) is 70.5 cm³/mol. The number of nitrogens with one attached hydrogen (secondary N) is 2. The van der Waals surface area contributed by atoms with Crippen LogP contribution in [-0.4, -0.2) is 30.9 Å². The number of carbonyl (C=O) groups is 2. The minimum Gasteiger partial charge on any atom is -0.491 e. The molecule has 1 aliphatic heterocycles. The average molecular weight is 260 g/mol. The summed E-state index contributed by atoms with van der Waals surface area (Å²) in [6, 6.07) is 5.68. The van der Waals surface area contributed by atoms with Crippen molar-refractivity contribution in [2.45, 2.75) is 25.3 Å². The molecule has 1 aromatic rings. The number of fused-ring (bicyclic) bond motifs is 1. The van der Waals surface area contributed by atoms with Gasteiger partial charge in [-0.3, -0.25) is 9.59 Å². The lowest BCUT2D eigenvalue weighted by molar-refractivity contribution is -0.116. The normalized spacial score (nSPS) is 18.0. The van der Waals surface area contributed by atoms with Crippen molar-refractivity contribution in [3.63, 3.8) is 0 Å². The number of amides is 1. The van der Waals surface area contributed by atoms with E-state index in [0.717, 1.165) is 12.8 Å². The molecular formula is C14H16N2O3. The van der Waals surface area contributed by atoms with Gasteiger partial charge in [-0.15, -0.1) is 0 Å². The minimum atomic E-state index is -0.0838. The highest BCUT2D eigenvalue weighted by molar-refractivity contribution is 6.00. The lowest BCUT2D eigenvalue weighted by atomic mass is 10.1. The standard InChI is InChI=1S/C14H16N2O3/c17-12(8-15-10-2-3-10)9-1-4-13-11(7-9)16-14(18)5-6-19-13/h1,4,7,10,15H,2-3,5-6,8H2,(H,16,18). The Labute approximate surface area is 111 Å². The van der Waals surface area contributed by atoms with Crippen molar-refractivity contribution in [2.75, 3.05) is 18.5 Å². The molecule has 3 rings (SSSR count). The maximum absolute atomic E-state index is 12.0. The van der Waals surface area contributed by atoms with E-state index < -0.39 is 0 Å². The Morgan fingerprint density at radius 2 is 2.26 bits per heavy atom. The second-order valence-corrected chi connectivity index (χ2v) is 4.94. The van der Waals surface area contributed by atoms with Crippen molar-refractivity contribution in [2.24, 2.45) is 0 Å². The summed E-state index contributed by atoms with van der Waals surface area (Å²) in [5.74, 6) is 0.574. The first-order valence-corrected chi connectivity index (χ1v) is 6.55. The smallest absolute Gasteiger partial charge is 0.227 e. The van der Waals surface area contributed by atoms with E-state index in [1.165, 1.54) is 0 Å². The number of ketones is 1. The Bertz CT molecular complexity index is 523. The number of hydrogen-bond acceptors (Lipinski definition) is 4. The first kappa shape index (κ1) is 12.2. The Morgan fingerprint density at radius 1 is 1.42 bits per heavy atom. The highest BCUT2D eigenvalue weighted by atomic mass is 16.5. The van der Waals surface area contributed by atoms with Crippen LogP contribution in [0.4, 0.5) is 5.69 Å². The molecule has 1 fully saturated rings. The fourth-order valence-electron chi connectivity index (χ4n) is 2.02. The molecular weight excluding hydrogens is 244 g/mol. The number of carbonyl (C=O) groups excluding carboxylic acids is 2. The molecule has 0 unspecified atom stereocenters. The third-order valence-electron chi connectivity index (χ3n) is 3.29. The maximum atomic E-state index is 12.0. The van der Waals surface area contributed by atoms with Gasteiger partial charge in [0.2, 0.25) is 5.91 Å². The molecule has 1 aromatic carbocycles. The number of anilines is 1. The molecule has 1 amide bonds. The molecule has 2 aliphatic rings. The summed E-state index contributed by atoms with van der Waals surface area (Å²) >= 11 is 0. The molecule has 2 N–H and O–H groups in total. The van der Waals surface area contributed by atoms with Gasteiger partial charge in [0.25, 0.3) is 0 Å². The number of rotatable bonds is 4. The first-order chi connectivity index (χ1) is 9.22. The van der Waals surface area contributed by atoms with Gasteiger partial charge < -0.3 is 15.4 Å². The van der Waals surface area contributed by atoms with Gasteiger partial charge in [-0.2, -0.15) is 0 Å². The van der Waals surface area contributed by atoms with Crippen LogP contribution in [0.5, 0.6) is 5.75 Å². The summed E-state index contributed by atoms with van der Waals surface area (Å²) in [6.07, 6.45) is 2.64. The zero-order chi connectivity index (χ0) is 13.2. The number of hydrogen-bond donors (Lipinski definition) is 2. The van der Waals surface area contributed by atoms with Gasteiger partial charge in [0.1, 0.15) is 5.75 Å². The van der Waals surface area contributed by atoms with Crippen LogP contribution in [-0.2, 0) is 4.79 Å². The van der Waals surface area contributed by atoms with Gasteiger partial charge in [0.15, 0.2) is 5.78 Å². The molecule has 0 saturated heterocycles. The van der Waals surface area contributed by atoms with Gasteiger partial charge in [-0.1, -0.05) is 0 Å². The SMILES string of the molecule is O=C1CCOc2ccc(C(=O)CNC3CC3)cc2N1. The van der Waals surface area contributed by atoms with Crippen LogP contribution < -0.4 is 15.4 Å². The quantitative estimate of drug-likeness (QED) is 0.802. The van der Waals surface area contributed by atoms with Crippen molar-refractivity contribution in [3.8, 4) is 5.75 Å². The van der Waals surface area contributed by atoms with E-state index in [2.05, 4.69) is 10.6 Å². The molecule has 0 radical (unpaired) electrons. The lowest BCUT2D eigenvalue weighted by Crippen LogP contribution is -2.24. The first-order valence-electron chi connectivity index (χ1n) is 6.55. The minimum absolute atomic E-state index is 0.0354. The van der Waals surface area contributed by atoms with Gasteiger partial charge >= 0.3 is 0 Å². The van der Waals surface area contributed by atoms with Crippen molar-refractivity contribution in [1.82, 2.24) is 5.32 Å². The highest BCUT2D eigenvalue weighted by Gasteiger charge is 2.22. The van der Waals surface area contributed by atoms with Crippen LogP contribution in [0.1, 0.15) is 29.6 Å².